The number of nitrogens with zero attached hydrogens (tertiary/aromatic N) is 2. The Morgan fingerprint density at radius 1 is 1.62 bits per heavy atom. The van der Waals surface area contributed by atoms with Crippen molar-refractivity contribution in [2.24, 2.45) is 5.41 Å². The first-order chi connectivity index (χ1) is 7.45. The molecule has 1 aromatic rings. The number of carbonyl (C=O) groups excluding carboxylic acids is 1. The number of esters is 1. The van der Waals surface area contributed by atoms with Gasteiger partial charge in [-0.05, 0) is 16.9 Å². The Morgan fingerprint density at radius 2 is 2.31 bits per heavy atom. The van der Waals surface area contributed by atoms with E-state index >= 15 is 0 Å². The third-order valence-electron chi connectivity index (χ3n) is 2.20. The van der Waals surface area contributed by atoms with Crippen LogP contribution in [0.1, 0.15) is 26.5 Å². The molecule has 0 bridgehead atoms. The Morgan fingerprint density at radius 3 is 2.75 bits per heavy atom. The van der Waals surface area contributed by atoms with Gasteiger partial charge in [-0.3, -0.25) is 10.1 Å². The fraction of sp³-hybridized carbons (Fsp3) is 0.700. The van der Waals surface area contributed by atoms with E-state index in [9.17, 15) is 4.79 Å². The quantitative estimate of drug-likeness (QED) is 0.805. The van der Waals surface area contributed by atoms with Crippen LogP contribution >= 0.6 is 11.5 Å². The highest BCUT2D eigenvalue weighted by atomic mass is 32.1. The van der Waals surface area contributed by atoms with Crippen molar-refractivity contribution >= 4 is 17.5 Å². The van der Waals surface area contributed by atoms with Gasteiger partial charge in [-0.25, -0.2) is 0 Å². The van der Waals surface area contributed by atoms with Crippen LogP contribution in [0.25, 0.3) is 0 Å². The summed E-state index contributed by atoms with van der Waals surface area (Å²) < 4.78 is 8.54. The van der Waals surface area contributed by atoms with Gasteiger partial charge in [-0.2, -0.15) is 0 Å². The smallest absolute Gasteiger partial charge is 0.323 e. The fourth-order valence-corrected chi connectivity index (χ4v) is 1.78. The van der Waals surface area contributed by atoms with Crippen molar-refractivity contribution in [1.29, 1.82) is 0 Å². The molecular formula is C10H17N3O2S. The Balaban J connectivity index is 2.61. The summed E-state index contributed by atoms with van der Waals surface area (Å²) in [6.07, 6.45) is 0. The third-order valence-corrected chi connectivity index (χ3v) is 2.75. The fourth-order valence-electron chi connectivity index (χ4n) is 1.33. The van der Waals surface area contributed by atoms with Crippen molar-refractivity contribution in [2.45, 2.75) is 33.4 Å². The number of hydrogen-bond acceptors (Lipinski definition) is 6. The molecule has 0 fully saturated rings. The monoisotopic (exact) mass is 243 g/mol. The van der Waals surface area contributed by atoms with E-state index in [4.69, 9.17) is 4.74 Å². The number of carbonyl (C=O) groups is 1. The molecule has 0 saturated heterocycles. The summed E-state index contributed by atoms with van der Waals surface area (Å²) >= 11 is 1.30. The van der Waals surface area contributed by atoms with E-state index in [1.807, 2.05) is 26.2 Å². The first-order valence-corrected chi connectivity index (χ1v) is 5.86. The van der Waals surface area contributed by atoms with E-state index < -0.39 is 0 Å². The Kier molecular flexibility index (Phi) is 4.37. The number of methoxy groups -OCH3 is 1. The minimum absolute atomic E-state index is 0.198. The molecule has 1 heterocycles. The maximum atomic E-state index is 11.6. The van der Waals surface area contributed by atoms with Crippen molar-refractivity contribution in [2.75, 3.05) is 7.11 Å². The van der Waals surface area contributed by atoms with Crippen molar-refractivity contribution in [3.63, 3.8) is 0 Å². The zero-order chi connectivity index (χ0) is 12.2. The summed E-state index contributed by atoms with van der Waals surface area (Å²) in [7, 11) is 1.40. The van der Waals surface area contributed by atoms with Gasteiger partial charge in [0.15, 0.2) is 0 Å². The highest BCUT2D eigenvalue weighted by molar-refractivity contribution is 7.03. The van der Waals surface area contributed by atoms with E-state index in [1.165, 1.54) is 18.6 Å². The molecule has 1 N–H and O–H groups in total. The SMILES string of the molecule is COC(=O)C(NCc1csnn1)C(C)(C)C. The molecule has 0 amide bonds. The molecule has 1 rings (SSSR count). The summed E-state index contributed by atoms with van der Waals surface area (Å²) in [5.41, 5.74) is 0.638. The standard InChI is InChI=1S/C10H17N3O2S/c1-10(2,3)8(9(14)15-4)11-5-7-6-16-13-12-7/h6,8,11H,5H2,1-4H3. The number of nitrogens with one attached hydrogen (secondary N) is 1. The summed E-state index contributed by atoms with van der Waals surface area (Å²) in [5, 5.41) is 8.90. The molecule has 5 nitrogen and oxygen atoms in total. The maximum Gasteiger partial charge on any atom is 0.323 e. The van der Waals surface area contributed by atoms with E-state index in [-0.39, 0.29) is 17.4 Å². The molecule has 0 aliphatic carbocycles. The van der Waals surface area contributed by atoms with Crippen LogP contribution in [-0.4, -0.2) is 28.7 Å². The maximum absolute atomic E-state index is 11.6. The molecule has 1 unspecified atom stereocenters. The third kappa shape index (κ3) is 3.53. The van der Waals surface area contributed by atoms with Crippen molar-refractivity contribution in [3.05, 3.63) is 11.1 Å². The van der Waals surface area contributed by atoms with Crippen LogP contribution in [0.4, 0.5) is 0 Å². The molecule has 0 aromatic carbocycles. The topological polar surface area (TPSA) is 64.1 Å². The Labute approximate surface area is 99.4 Å². The molecule has 1 aromatic heterocycles. The van der Waals surface area contributed by atoms with Crippen molar-refractivity contribution < 1.29 is 9.53 Å². The van der Waals surface area contributed by atoms with Gasteiger partial charge < -0.3 is 4.74 Å². The second-order valence-corrected chi connectivity index (χ2v) is 5.21. The van der Waals surface area contributed by atoms with E-state index in [1.54, 1.807) is 0 Å². The van der Waals surface area contributed by atoms with Gasteiger partial charge in [0.25, 0.3) is 0 Å². The predicted molar refractivity (Wildman–Crippen MR) is 62.0 cm³/mol. The molecule has 0 radical (unpaired) electrons. The molecule has 16 heavy (non-hydrogen) atoms. The Bertz CT molecular complexity index is 332. The Hall–Kier alpha value is -1.01. The van der Waals surface area contributed by atoms with Crippen LogP contribution < -0.4 is 5.32 Å². The van der Waals surface area contributed by atoms with Crippen LogP contribution in [0.3, 0.4) is 0 Å². The molecule has 0 spiro atoms. The molecule has 90 valence electrons. The molecular weight excluding hydrogens is 226 g/mol. The van der Waals surface area contributed by atoms with Crippen LogP contribution in [0.15, 0.2) is 5.38 Å². The molecule has 0 aliphatic rings. The van der Waals surface area contributed by atoms with Gasteiger partial charge >= 0.3 is 5.97 Å². The molecule has 0 aliphatic heterocycles. The second kappa shape index (κ2) is 5.36. The van der Waals surface area contributed by atoms with E-state index in [0.717, 1.165) is 5.69 Å². The number of ether oxygens (including phenoxy) is 1. The first-order valence-electron chi connectivity index (χ1n) is 5.02. The van der Waals surface area contributed by atoms with E-state index in [0.29, 0.717) is 6.54 Å². The van der Waals surface area contributed by atoms with Gasteiger partial charge in [-0.15, -0.1) is 5.10 Å². The number of hydrogen-bond donors (Lipinski definition) is 1. The second-order valence-electron chi connectivity index (χ2n) is 4.60. The lowest BCUT2D eigenvalue weighted by atomic mass is 9.86. The highest BCUT2D eigenvalue weighted by Gasteiger charge is 2.31. The summed E-state index contributed by atoms with van der Waals surface area (Å²) in [5.74, 6) is -0.254. The average molecular weight is 243 g/mol. The first kappa shape index (κ1) is 13.1. The minimum Gasteiger partial charge on any atom is -0.468 e. The lowest BCUT2D eigenvalue weighted by molar-refractivity contribution is -0.146. The lowest BCUT2D eigenvalue weighted by Gasteiger charge is -2.28. The summed E-state index contributed by atoms with van der Waals surface area (Å²) in [4.78, 5) is 11.6. The predicted octanol–water partition coefficient (Wildman–Crippen LogP) is 1.22. The van der Waals surface area contributed by atoms with Crippen LogP contribution in [-0.2, 0) is 16.1 Å². The van der Waals surface area contributed by atoms with E-state index in [2.05, 4.69) is 14.9 Å². The average Bonchev–Trinajstić information content (AvgIpc) is 2.68. The zero-order valence-corrected chi connectivity index (χ0v) is 10.8. The molecule has 0 saturated carbocycles. The summed E-state index contributed by atoms with van der Waals surface area (Å²) in [6, 6.07) is -0.348. The van der Waals surface area contributed by atoms with Crippen LogP contribution in [0.2, 0.25) is 0 Å². The normalized spacial score (nSPS) is 13.5. The number of rotatable bonds is 4. The minimum atomic E-state index is -0.348. The summed E-state index contributed by atoms with van der Waals surface area (Å²) in [6.45, 7) is 6.48. The van der Waals surface area contributed by atoms with Crippen molar-refractivity contribution in [1.82, 2.24) is 14.9 Å². The van der Waals surface area contributed by atoms with Gasteiger partial charge in [0.05, 0.1) is 12.8 Å². The largest absolute Gasteiger partial charge is 0.468 e. The number of aromatic nitrogens is 2. The lowest BCUT2D eigenvalue weighted by Crippen LogP contribution is -2.46. The van der Waals surface area contributed by atoms with Gasteiger partial charge in [0, 0.05) is 11.9 Å². The van der Waals surface area contributed by atoms with Gasteiger partial charge in [-0.1, -0.05) is 25.3 Å². The van der Waals surface area contributed by atoms with Crippen LogP contribution in [0.5, 0.6) is 0 Å². The molecule has 1 atom stereocenters. The molecule has 6 heteroatoms. The van der Waals surface area contributed by atoms with Gasteiger partial charge in [0.1, 0.15) is 6.04 Å². The van der Waals surface area contributed by atoms with Crippen molar-refractivity contribution in [3.8, 4) is 0 Å². The highest BCUT2D eigenvalue weighted by Crippen LogP contribution is 2.20. The van der Waals surface area contributed by atoms with Crippen LogP contribution in [0, 0.1) is 5.41 Å². The van der Waals surface area contributed by atoms with Gasteiger partial charge in [0.2, 0.25) is 0 Å². The zero-order valence-electron chi connectivity index (χ0n) is 9.98.